The Morgan fingerprint density at radius 1 is 0.938 bits per heavy atom. The Morgan fingerprint density at radius 3 is 2.53 bits per heavy atom. The highest BCUT2D eigenvalue weighted by Crippen LogP contribution is 2.39. The third kappa shape index (κ3) is 3.69. The number of nitrogens with zero attached hydrogens (tertiary/aromatic N) is 3. The maximum absolute atomic E-state index is 6.22. The van der Waals surface area contributed by atoms with E-state index in [1.54, 1.807) is 32.5 Å². The summed E-state index contributed by atoms with van der Waals surface area (Å²) in [6.07, 6.45) is 1.75. The summed E-state index contributed by atoms with van der Waals surface area (Å²) in [5, 5.41) is 10.7. The lowest BCUT2D eigenvalue weighted by atomic mass is 10.0. The van der Waals surface area contributed by atoms with Gasteiger partial charge in [-0.15, -0.1) is 10.2 Å². The van der Waals surface area contributed by atoms with Crippen molar-refractivity contribution in [3.63, 3.8) is 0 Å². The van der Waals surface area contributed by atoms with Crippen molar-refractivity contribution in [3.8, 4) is 23.1 Å². The SMILES string of the molecule is COCc1nnc(-c2ncc3[nH]c4cccc(Oc5ccc(Cl)cc5)c4c3c2COC)o1. The normalized spacial score (nSPS) is 11.5. The number of nitrogens with one attached hydrogen (secondary N) is 1. The van der Waals surface area contributed by atoms with Crippen LogP contribution >= 0.6 is 11.6 Å². The number of halogens is 1. The maximum atomic E-state index is 6.22. The van der Waals surface area contributed by atoms with Gasteiger partial charge in [-0.1, -0.05) is 17.7 Å². The highest BCUT2D eigenvalue weighted by atomic mass is 35.5. The molecule has 32 heavy (non-hydrogen) atoms. The first kappa shape index (κ1) is 20.4. The fourth-order valence-electron chi connectivity index (χ4n) is 3.69. The molecule has 0 unspecified atom stereocenters. The van der Waals surface area contributed by atoms with Gasteiger partial charge in [0.15, 0.2) is 0 Å². The van der Waals surface area contributed by atoms with E-state index in [1.165, 1.54) is 0 Å². The Hall–Kier alpha value is -3.46. The molecule has 5 rings (SSSR count). The molecule has 0 radical (unpaired) electrons. The van der Waals surface area contributed by atoms with Crippen LogP contribution in [-0.4, -0.2) is 34.4 Å². The molecule has 3 aromatic heterocycles. The van der Waals surface area contributed by atoms with Gasteiger partial charge in [-0.25, -0.2) is 4.98 Å². The Morgan fingerprint density at radius 2 is 1.75 bits per heavy atom. The lowest BCUT2D eigenvalue weighted by Gasteiger charge is -2.10. The summed E-state index contributed by atoms with van der Waals surface area (Å²) >= 11 is 6.01. The standard InChI is InChI=1S/C23H19ClN4O4/c1-29-11-15-20-17(10-25-22(15)23-28-27-19(32-23)12-30-2)26-16-4-3-5-18(21(16)20)31-14-8-6-13(24)7-9-14/h3-10,26H,11-12H2,1-2H3. The molecule has 0 saturated carbocycles. The predicted molar refractivity (Wildman–Crippen MR) is 120 cm³/mol. The van der Waals surface area contributed by atoms with Crippen LogP contribution in [0.2, 0.25) is 5.02 Å². The van der Waals surface area contributed by atoms with Crippen LogP contribution in [0, 0.1) is 0 Å². The summed E-state index contributed by atoms with van der Waals surface area (Å²) in [5.74, 6) is 2.05. The van der Waals surface area contributed by atoms with Crippen LogP contribution in [0.4, 0.5) is 0 Å². The summed E-state index contributed by atoms with van der Waals surface area (Å²) in [7, 11) is 3.20. The topological polar surface area (TPSA) is 95.3 Å². The van der Waals surface area contributed by atoms with E-state index in [9.17, 15) is 0 Å². The molecule has 9 heteroatoms. The minimum absolute atomic E-state index is 0.223. The quantitative estimate of drug-likeness (QED) is 0.349. The molecule has 0 saturated heterocycles. The molecule has 0 bridgehead atoms. The van der Waals surface area contributed by atoms with E-state index in [4.69, 9.17) is 30.2 Å². The van der Waals surface area contributed by atoms with Gasteiger partial charge in [0.05, 0.1) is 29.2 Å². The molecule has 0 aliphatic carbocycles. The number of rotatable bonds is 7. The highest BCUT2D eigenvalue weighted by Gasteiger charge is 2.21. The van der Waals surface area contributed by atoms with E-state index in [0.29, 0.717) is 40.6 Å². The number of H-pyrrole nitrogens is 1. The van der Waals surface area contributed by atoms with Gasteiger partial charge < -0.3 is 23.6 Å². The van der Waals surface area contributed by atoms with Gasteiger partial charge in [0.1, 0.15) is 23.8 Å². The van der Waals surface area contributed by atoms with Gasteiger partial charge in [-0.3, -0.25) is 0 Å². The first-order valence-electron chi connectivity index (χ1n) is 9.84. The third-order valence-electron chi connectivity index (χ3n) is 4.99. The second-order valence-electron chi connectivity index (χ2n) is 7.10. The van der Waals surface area contributed by atoms with Gasteiger partial charge in [0.25, 0.3) is 5.89 Å². The average Bonchev–Trinajstić information content (AvgIpc) is 3.41. The first-order valence-corrected chi connectivity index (χ1v) is 10.2. The van der Waals surface area contributed by atoms with Crippen LogP contribution in [0.5, 0.6) is 11.5 Å². The summed E-state index contributed by atoms with van der Waals surface area (Å²) in [6.45, 7) is 0.519. The van der Waals surface area contributed by atoms with Crippen molar-refractivity contribution >= 4 is 33.4 Å². The number of aromatic amines is 1. The fraction of sp³-hybridized carbons (Fsp3) is 0.174. The van der Waals surface area contributed by atoms with Crippen molar-refractivity contribution in [3.05, 3.63) is 65.1 Å². The van der Waals surface area contributed by atoms with Gasteiger partial charge in [-0.2, -0.15) is 0 Å². The largest absolute Gasteiger partial charge is 0.457 e. The number of pyridine rings is 1. The number of aromatic nitrogens is 4. The van der Waals surface area contributed by atoms with Crippen LogP contribution < -0.4 is 4.74 Å². The zero-order valence-electron chi connectivity index (χ0n) is 17.4. The van der Waals surface area contributed by atoms with Gasteiger partial charge >= 0.3 is 0 Å². The Balaban J connectivity index is 1.71. The molecular weight excluding hydrogens is 432 g/mol. The molecule has 0 aliphatic rings. The molecular formula is C23H19ClN4O4. The van der Waals surface area contributed by atoms with Gasteiger partial charge in [0.2, 0.25) is 5.89 Å². The van der Waals surface area contributed by atoms with Crippen LogP contribution in [0.15, 0.2) is 53.1 Å². The van der Waals surface area contributed by atoms with E-state index in [0.717, 1.165) is 27.4 Å². The maximum Gasteiger partial charge on any atom is 0.266 e. The second kappa shape index (κ2) is 8.58. The third-order valence-corrected chi connectivity index (χ3v) is 5.24. The number of fused-ring (bicyclic) bond motifs is 3. The average molecular weight is 451 g/mol. The molecule has 1 N–H and O–H groups in total. The Kier molecular flexibility index (Phi) is 5.48. The van der Waals surface area contributed by atoms with Crippen molar-refractivity contribution < 1.29 is 18.6 Å². The highest BCUT2D eigenvalue weighted by molar-refractivity contribution is 6.30. The van der Waals surface area contributed by atoms with Crippen LogP contribution in [0.25, 0.3) is 33.4 Å². The van der Waals surface area contributed by atoms with Crippen LogP contribution in [0.1, 0.15) is 11.5 Å². The number of methoxy groups -OCH3 is 2. The summed E-state index contributed by atoms with van der Waals surface area (Å²) < 4.78 is 22.6. The molecule has 162 valence electrons. The second-order valence-corrected chi connectivity index (χ2v) is 7.54. The number of hydrogen-bond acceptors (Lipinski definition) is 7. The Bertz CT molecular complexity index is 1390. The Labute approximate surface area is 188 Å². The number of benzene rings is 2. The predicted octanol–water partition coefficient (Wildman–Crippen LogP) is 5.50. The summed E-state index contributed by atoms with van der Waals surface area (Å²) in [5.41, 5.74) is 3.13. The fourth-order valence-corrected chi connectivity index (χ4v) is 3.81. The summed E-state index contributed by atoms with van der Waals surface area (Å²) in [4.78, 5) is 7.99. The zero-order chi connectivity index (χ0) is 22.1. The lowest BCUT2D eigenvalue weighted by Crippen LogP contribution is -1.97. The van der Waals surface area contributed by atoms with Crippen molar-refractivity contribution in [2.75, 3.05) is 14.2 Å². The summed E-state index contributed by atoms with van der Waals surface area (Å²) in [6, 6.07) is 13.1. The van der Waals surface area contributed by atoms with E-state index in [2.05, 4.69) is 20.2 Å². The van der Waals surface area contributed by atoms with E-state index in [-0.39, 0.29) is 6.61 Å². The smallest absolute Gasteiger partial charge is 0.266 e. The van der Waals surface area contributed by atoms with E-state index >= 15 is 0 Å². The zero-order valence-corrected chi connectivity index (χ0v) is 18.1. The molecule has 0 aliphatic heterocycles. The molecule has 0 spiro atoms. The molecule has 3 heterocycles. The lowest BCUT2D eigenvalue weighted by molar-refractivity contribution is 0.160. The molecule has 0 amide bonds. The van der Waals surface area contributed by atoms with E-state index < -0.39 is 0 Å². The van der Waals surface area contributed by atoms with E-state index in [1.807, 2.05) is 30.3 Å². The monoisotopic (exact) mass is 450 g/mol. The van der Waals surface area contributed by atoms with Gasteiger partial charge in [0, 0.05) is 30.2 Å². The number of hydrogen-bond donors (Lipinski definition) is 1. The minimum atomic E-state index is 0.223. The van der Waals surface area contributed by atoms with Crippen LogP contribution in [-0.2, 0) is 22.7 Å². The van der Waals surface area contributed by atoms with Crippen molar-refractivity contribution in [2.45, 2.75) is 13.2 Å². The first-order chi connectivity index (χ1) is 15.7. The molecule has 0 fully saturated rings. The van der Waals surface area contributed by atoms with Crippen molar-refractivity contribution in [1.82, 2.24) is 20.2 Å². The van der Waals surface area contributed by atoms with Gasteiger partial charge in [-0.05, 0) is 36.4 Å². The van der Waals surface area contributed by atoms with Crippen molar-refractivity contribution in [2.24, 2.45) is 0 Å². The molecule has 8 nitrogen and oxygen atoms in total. The molecule has 2 aromatic carbocycles. The minimum Gasteiger partial charge on any atom is -0.457 e. The van der Waals surface area contributed by atoms with Crippen LogP contribution in [0.3, 0.4) is 0 Å². The van der Waals surface area contributed by atoms with Crippen molar-refractivity contribution in [1.29, 1.82) is 0 Å². The molecule has 0 atom stereocenters. The number of ether oxygens (including phenoxy) is 3. The molecule has 5 aromatic rings.